The van der Waals surface area contributed by atoms with Crippen molar-refractivity contribution in [2.45, 2.75) is 33.1 Å². The van der Waals surface area contributed by atoms with Crippen LogP contribution in [0.15, 0.2) is 41.3 Å². The maximum Gasteiger partial charge on any atom is 0.185 e. The highest BCUT2D eigenvalue weighted by Crippen LogP contribution is 2.35. The molecule has 2 aromatic rings. The maximum absolute atomic E-state index is 13.3. The van der Waals surface area contributed by atoms with Crippen LogP contribution in [0.1, 0.15) is 48.3 Å². The molecule has 2 atom stereocenters. The molecule has 0 radical (unpaired) electrons. The van der Waals surface area contributed by atoms with E-state index in [1.165, 1.54) is 24.1 Å². The fourth-order valence-corrected chi connectivity index (χ4v) is 3.81. The molecule has 5 heteroatoms. The molecule has 0 fully saturated rings. The van der Waals surface area contributed by atoms with E-state index in [-0.39, 0.29) is 22.5 Å². The molecule has 0 aliphatic heterocycles. The first-order chi connectivity index (χ1) is 11.9. The third kappa shape index (κ3) is 4.21. The minimum Gasteiger partial charge on any atom is -0.292 e. The average Bonchev–Trinajstić information content (AvgIpc) is 2.57. The molecule has 0 saturated heterocycles. The third-order valence-corrected chi connectivity index (χ3v) is 5.07. The molecular formula is C20H20BrFN2O. The number of pyridine rings is 2. The van der Waals surface area contributed by atoms with Crippen LogP contribution >= 0.6 is 15.9 Å². The minimum atomic E-state index is -0.478. The van der Waals surface area contributed by atoms with Crippen molar-refractivity contribution in [3.8, 4) is 0 Å². The van der Waals surface area contributed by atoms with Crippen LogP contribution in [-0.4, -0.2) is 15.8 Å². The molecule has 2 unspecified atom stereocenters. The average molecular weight is 403 g/mol. The first-order valence-corrected chi connectivity index (χ1v) is 9.22. The van der Waals surface area contributed by atoms with Gasteiger partial charge in [-0.1, -0.05) is 19.9 Å². The lowest BCUT2D eigenvalue weighted by molar-refractivity contribution is 0.0987. The van der Waals surface area contributed by atoms with E-state index in [1.807, 2.05) is 6.07 Å². The van der Waals surface area contributed by atoms with E-state index in [0.717, 1.165) is 17.5 Å². The number of hydrogen-bond acceptors (Lipinski definition) is 3. The van der Waals surface area contributed by atoms with Crippen LogP contribution in [0.5, 0.6) is 0 Å². The van der Waals surface area contributed by atoms with Gasteiger partial charge in [0.25, 0.3) is 0 Å². The number of ketones is 1. The van der Waals surface area contributed by atoms with Crippen molar-refractivity contribution in [3.05, 3.63) is 63.9 Å². The number of Topliss-reactive ketones (excluding diaryl/α,β-unsaturated/α-hetero) is 1. The Morgan fingerprint density at radius 1 is 1.32 bits per heavy atom. The van der Waals surface area contributed by atoms with E-state index in [9.17, 15) is 9.18 Å². The van der Waals surface area contributed by atoms with Gasteiger partial charge in [-0.15, -0.1) is 0 Å². The van der Waals surface area contributed by atoms with Crippen LogP contribution in [0, 0.1) is 17.7 Å². The van der Waals surface area contributed by atoms with E-state index >= 15 is 0 Å². The molecule has 0 spiro atoms. The van der Waals surface area contributed by atoms with Gasteiger partial charge in [0.1, 0.15) is 10.3 Å². The highest BCUT2D eigenvalue weighted by atomic mass is 79.9. The number of aromatic nitrogens is 2. The lowest BCUT2D eigenvalue weighted by Gasteiger charge is -2.25. The van der Waals surface area contributed by atoms with Crippen molar-refractivity contribution in [2.75, 3.05) is 0 Å². The molecular weight excluding hydrogens is 383 g/mol. The van der Waals surface area contributed by atoms with Gasteiger partial charge in [-0.3, -0.25) is 9.78 Å². The van der Waals surface area contributed by atoms with Crippen molar-refractivity contribution in [1.82, 2.24) is 9.97 Å². The second-order valence-electron chi connectivity index (χ2n) is 6.82. The molecule has 0 aromatic carbocycles. The summed E-state index contributed by atoms with van der Waals surface area (Å²) in [6, 6.07) is 4.65. The zero-order valence-electron chi connectivity index (χ0n) is 14.3. The Balaban J connectivity index is 1.88. The zero-order valence-corrected chi connectivity index (χ0v) is 15.9. The van der Waals surface area contributed by atoms with Crippen molar-refractivity contribution in [3.63, 3.8) is 0 Å². The molecule has 3 nitrogen and oxygen atoms in total. The third-order valence-electron chi connectivity index (χ3n) is 4.52. The number of rotatable bonds is 4. The molecule has 0 amide bonds. The summed E-state index contributed by atoms with van der Waals surface area (Å²) in [5.74, 6) is 0.535. The number of hydrogen-bond donors (Lipinski definition) is 0. The lowest BCUT2D eigenvalue weighted by atomic mass is 9.80. The Labute approximate surface area is 155 Å². The van der Waals surface area contributed by atoms with Crippen LogP contribution in [0.4, 0.5) is 4.39 Å². The van der Waals surface area contributed by atoms with E-state index in [0.29, 0.717) is 11.8 Å². The predicted octanol–water partition coefficient (Wildman–Crippen LogP) is 5.25. The van der Waals surface area contributed by atoms with E-state index < -0.39 is 5.82 Å². The monoisotopic (exact) mass is 402 g/mol. The maximum atomic E-state index is 13.3. The van der Waals surface area contributed by atoms with E-state index in [4.69, 9.17) is 0 Å². The summed E-state index contributed by atoms with van der Waals surface area (Å²) in [5.41, 5.74) is 3.51. The Bertz CT molecular complexity index is 834. The van der Waals surface area contributed by atoms with Crippen LogP contribution < -0.4 is 0 Å². The largest absolute Gasteiger partial charge is 0.292 e. The summed E-state index contributed by atoms with van der Waals surface area (Å²) in [7, 11) is 0. The minimum absolute atomic E-state index is 0.0578. The molecule has 2 heterocycles. The molecule has 3 rings (SSSR count). The van der Waals surface area contributed by atoms with Gasteiger partial charge in [0.05, 0.1) is 0 Å². The Morgan fingerprint density at radius 2 is 2.12 bits per heavy atom. The van der Waals surface area contributed by atoms with Gasteiger partial charge in [-0.2, -0.15) is 0 Å². The lowest BCUT2D eigenvalue weighted by Crippen LogP contribution is -2.12. The number of halogens is 2. The summed E-state index contributed by atoms with van der Waals surface area (Å²) >= 11 is 3.03. The summed E-state index contributed by atoms with van der Waals surface area (Å²) in [6.07, 6.45) is 8.22. The summed E-state index contributed by atoms with van der Waals surface area (Å²) in [6.45, 7) is 4.48. The smallest absolute Gasteiger partial charge is 0.185 e. The normalized spacial score (nSPS) is 20.2. The van der Waals surface area contributed by atoms with Crippen molar-refractivity contribution in [2.24, 2.45) is 11.8 Å². The van der Waals surface area contributed by atoms with Gasteiger partial charge in [-0.05, 0) is 75.5 Å². The zero-order chi connectivity index (χ0) is 18.0. The predicted molar refractivity (Wildman–Crippen MR) is 99.7 cm³/mol. The highest BCUT2D eigenvalue weighted by Gasteiger charge is 2.20. The first-order valence-electron chi connectivity index (χ1n) is 8.43. The summed E-state index contributed by atoms with van der Waals surface area (Å²) in [4.78, 5) is 20.8. The molecule has 0 N–H and O–H groups in total. The van der Waals surface area contributed by atoms with Crippen LogP contribution in [-0.2, 0) is 6.42 Å². The van der Waals surface area contributed by atoms with Gasteiger partial charge in [-0.25, -0.2) is 9.37 Å². The van der Waals surface area contributed by atoms with Crippen molar-refractivity contribution < 1.29 is 9.18 Å². The topological polar surface area (TPSA) is 42.9 Å². The quantitative estimate of drug-likeness (QED) is 0.517. The van der Waals surface area contributed by atoms with E-state index in [1.54, 1.807) is 12.4 Å². The van der Waals surface area contributed by atoms with Crippen molar-refractivity contribution >= 4 is 27.3 Å². The van der Waals surface area contributed by atoms with Gasteiger partial charge in [0, 0.05) is 18.8 Å². The van der Waals surface area contributed by atoms with Gasteiger partial charge in [0.15, 0.2) is 11.6 Å². The van der Waals surface area contributed by atoms with Gasteiger partial charge >= 0.3 is 0 Å². The number of carbonyl (C=O) groups excluding carboxylic acids is 1. The number of nitrogens with zero attached hydrogens (tertiary/aromatic N) is 2. The molecule has 2 aromatic heterocycles. The Morgan fingerprint density at radius 3 is 2.84 bits per heavy atom. The molecule has 130 valence electrons. The molecule has 1 aliphatic rings. The first kappa shape index (κ1) is 17.9. The second kappa shape index (κ2) is 7.56. The standard InChI is InChI=1S/C20H20BrFN2O/c1-12-7-13(2)9-14(8-12)16-5-6-23-11-15(16)10-19(25)18-4-3-17(22)20(21)24-18/h3-6,8,11-13H,7,9-10H2,1-2H3. The second-order valence-corrected chi connectivity index (χ2v) is 7.57. The fourth-order valence-electron chi connectivity index (χ4n) is 3.49. The fraction of sp³-hybridized carbons (Fsp3) is 0.350. The van der Waals surface area contributed by atoms with Crippen molar-refractivity contribution in [1.29, 1.82) is 0 Å². The van der Waals surface area contributed by atoms with Crippen LogP contribution in [0.2, 0.25) is 0 Å². The van der Waals surface area contributed by atoms with Gasteiger partial charge in [0.2, 0.25) is 0 Å². The van der Waals surface area contributed by atoms with E-state index in [2.05, 4.69) is 45.8 Å². The number of allylic oxidation sites excluding steroid dienone is 2. The van der Waals surface area contributed by atoms with Crippen LogP contribution in [0.3, 0.4) is 0 Å². The molecule has 0 bridgehead atoms. The Hall–Kier alpha value is -1.88. The highest BCUT2D eigenvalue weighted by molar-refractivity contribution is 9.10. The molecule has 0 saturated carbocycles. The molecule has 1 aliphatic carbocycles. The van der Waals surface area contributed by atoms with Gasteiger partial charge < -0.3 is 0 Å². The summed E-state index contributed by atoms with van der Waals surface area (Å²) in [5, 5.41) is 0. The van der Waals surface area contributed by atoms with Crippen LogP contribution in [0.25, 0.3) is 5.57 Å². The molecule has 25 heavy (non-hydrogen) atoms. The summed E-state index contributed by atoms with van der Waals surface area (Å²) < 4.78 is 13.4. The SMILES string of the molecule is CC1C=C(c2ccncc2CC(=O)c2ccc(F)c(Br)n2)CC(C)C1. The Kier molecular flexibility index (Phi) is 5.42. The number of carbonyl (C=O) groups is 1.